The van der Waals surface area contributed by atoms with Gasteiger partial charge in [-0.25, -0.2) is 4.79 Å². The van der Waals surface area contributed by atoms with Crippen LogP contribution in [-0.4, -0.2) is 24.2 Å². The molecule has 0 aromatic carbocycles. The lowest BCUT2D eigenvalue weighted by Crippen LogP contribution is -2.17. The predicted octanol–water partition coefficient (Wildman–Crippen LogP) is 4.66. The van der Waals surface area contributed by atoms with Crippen molar-refractivity contribution < 1.29 is 18.7 Å². The Kier molecular flexibility index (Phi) is 6.80. The molecule has 0 saturated carbocycles. The molecular weight excluding hydrogens is 370 g/mol. The van der Waals surface area contributed by atoms with Gasteiger partial charge in [0.15, 0.2) is 0 Å². The molecule has 1 N–H and O–H groups in total. The number of thiophene rings is 1. The van der Waals surface area contributed by atoms with E-state index in [2.05, 4.69) is 5.32 Å². The van der Waals surface area contributed by atoms with E-state index >= 15 is 0 Å². The van der Waals surface area contributed by atoms with Gasteiger partial charge in [-0.2, -0.15) is 0 Å². The van der Waals surface area contributed by atoms with Gasteiger partial charge in [-0.05, 0) is 50.3 Å². The number of amides is 1. The molecule has 2 aromatic rings. The van der Waals surface area contributed by atoms with Gasteiger partial charge in [0.25, 0.3) is 0 Å². The summed E-state index contributed by atoms with van der Waals surface area (Å²) in [5.41, 5.74) is 1.64. The average molecular weight is 394 g/mol. The molecule has 0 unspecified atom stereocenters. The van der Waals surface area contributed by atoms with Crippen LogP contribution in [0.1, 0.15) is 52.7 Å². The highest BCUT2D eigenvalue weighted by molar-refractivity contribution is 7.99. The number of thioether (sulfide) groups is 1. The van der Waals surface area contributed by atoms with E-state index < -0.39 is 0 Å². The van der Waals surface area contributed by atoms with Crippen molar-refractivity contribution >= 4 is 40.0 Å². The van der Waals surface area contributed by atoms with Crippen molar-refractivity contribution in [1.82, 2.24) is 0 Å². The molecule has 0 spiro atoms. The Morgan fingerprint density at radius 2 is 2.15 bits per heavy atom. The first-order valence-corrected chi connectivity index (χ1v) is 10.9. The van der Waals surface area contributed by atoms with Gasteiger partial charge in [0.2, 0.25) is 5.91 Å². The summed E-state index contributed by atoms with van der Waals surface area (Å²) < 4.78 is 10.5. The smallest absolute Gasteiger partial charge is 0.341 e. The third kappa shape index (κ3) is 4.71. The number of furan rings is 1. The Labute approximate surface area is 161 Å². The number of anilines is 1. The molecule has 0 saturated heterocycles. The van der Waals surface area contributed by atoms with Crippen LogP contribution in [0.15, 0.2) is 22.8 Å². The van der Waals surface area contributed by atoms with Crippen LogP contribution in [0.4, 0.5) is 5.00 Å². The zero-order chi connectivity index (χ0) is 18.4. The van der Waals surface area contributed by atoms with E-state index in [-0.39, 0.29) is 11.9 Å². The maximum atomic E-state index is 12.5. The molecule has 140 valence electrons. The average Bonchev–Trinajstić information content (AvgIpc) is 3.18. The third-order valence-corrected chi connectivity index (χ3v) is 6.37. The Hall–Kier alpha value is -1.73. The summed E-state index contributed by atoms with van der Waals surface area (Å²) in [4.78, 5) is 26.0. The molecule has 0 fully saturated rings. The van der Waals surface area contributed by atoms with Gasteiger partial charge in [-0.15, -0.1) is 23.1 Å². The first-order valence-electron chi connectivity index (χ1n) is 8.90. The number of ether oxygens (including phenoxy) is 1. The summed E-state index contributed by atoms with van der Waals surface area (Å²) in [6, 6.07) is 3.72. The van der Waals surface area contributed by atoms with Crippen molar-refractivity contribution in [3.63, 3.8) is 0 Å². The topological polar surface area (TPSA) is 68.5 Å². The van der Waals surface area contributed by atoms with Crippen LogP contribution in [0.2, 0.25) is 0 Å². The molecule has 5 nitrogen and oxygen atoms in total. The molecule has 0 bridgehead atoms. The van der Waals surface area contributed by atoms with Crippen LogP contribution < -0.4 is 5.32 Å². The summed E-state index contributed by atoms with van der Waals surface area (Å²) in [5, 5.41) is 3.57. The number of fused-ring (bicyclic) bond motifs is 1. The molecule has 3 rings (SSSR count). The molecule has 0 radical (unpaired) electrons. The van der Waals surface area contributed by atoms with Crippen LogP contribution in [0.25, 0.3) is 0 Å². The van der Waals surface area contributed by atoms with Gasteiger partial charge in [0.1, 0.15) is 10.8 Å². The van der Waals surface area contributed by atoms with Gasteiger partial charge in [-0.3, -0.25) is 4.79 Å². The Morgan fingerprint density at radius 1 is 1.31 bits per heavy atom. The second-order valence-electron chi connectivity index (χ2n) is 6.11. The highest BCUT2D eigenvalue weighted by Gasteiger charge is 2.26. The fourth-order valence-corrected chi connectivity index (χ4v) is 5.07. The van der Waals surface area contributed by atoms with Crippen molar-refractivity contribution in [3.8, 4) is 0 Å². The zero-order valence-electron chi connectivity index (χ0n) is 14.8. The van der Waals surface area contributed by atoms with Gasteiger partial charge < -0.3 is 14.5 Å². The second-order valence-corrected chi connectivity index (χ2v) is 8.20. The normalized spacial score (nSPS) is 13.7. The summed E-state index contributed by atoms with van der Waals surface area (Å²) >= 11 is 3.01. The number of hydrogen-bond donors (Lipinski definition) is 1. The predicted molar refractivity (Wildman–Crippen MR) is 105 cm³/mol. The van der Waals surface area contributed by atoms with E-state index in [9.17, 15) is 9.59 Å². The van der Waals surface area contributed by atoms with E-state index in [4.69, 9.17) is 9.15 Å². The van der Waals surface area contributed by atoms with Crippen LogP contribution in [0.5, 0.6) is 0 Å². The fourth-order valence-electron chi connectivity index (χ4n) is 3.05. The first kappa shape index (κ1) is 19.0. The Morgan fingerprint density at radius 3 is 2.92 bits per heavy atom. The molecular formula is C19H23NO4S2. The molecule has 2 heterocycles. The number of carbonyl (C=O) groups excluding carboxylic acids is 2. The maximum Gasteiger partial charge on any atom is 0.341 e. The minimum Gasteiger partial charge on any atom is -0.468 e. The van der Waals surface area contributed by atoms with Crippen molar-refractivity contribution in [1.29, 1.82) is 0 Å². The number of esters is 1. The number of carbonyl (C=O) groups is 2. The van der Waals surface area contributed by atoms with E-state index in [1.54, 1.807) is 13.2 Å². The molecule has 1 aliphatic carbocycles. The van der Waals surface area contributed by atoms with Gasteiger partial charge in [0.05, 0.1) is 29.9 Å². The van der Waals surface area contributed by atoms with E-state index in [0.717, 1.165) is 37.0 Å². The Balaban J connectivity index is 1.69. The van der Waals surface area contributed by atoms with Crippen molar-refractivity contribution in [2.75, 3.05) is 17.7 Å². The van der Waals surface area contributed by atoms with E-state index in [1.165, 1.54) is 34.4 Å². The SMILES string of the molecule is CCOC(=O)c1c(NC(=O)CSCc2ccco2)sc2c1CCCCC2. The number of hydrogen-bond acceptors (Lipinski definition) is 6. The molecule has 1 amide bonds. The van der Waals surface area contributed by atoms with E-state index in [0.29, 0.717) is 28.7 Å². The van der Waals surface area contributed by atoms with Crippen LogP contribution >= 0.6 is 23.1 Å². The highest BCUT2D eigenvalue weighted by Crippen LogP contribution is 2.38. The highest BCUT2D eigenvalue weighted by atomic mass is 32.2. The van der Waals surface area contributed by atoms with Crippen molar-refractivity contribution in [3.05, 3.63) is 40.2 Å². The van der Waals surface area contributed by atoms with Gasteiger partial charge in [0, 0.05) is 4.88 Å². The summed E-state index contributed by atoms with van der Waals surface area (Å²) in [5.74, 6) is 1.37. The van der Waals surface area contributed by atoms with Crippen molar-refractivity contribution in [2.24, 2.45) is 0 Å². The van der Waals surface area contributed by atoms with Crippen molar-refractivity contribution in [2.45, 2.75) is 44.8 Å². The first-order chi connectivity index (χ1) is 12.7. The molecule has 1 aliphatic rings. The second kappa shape index (κ2) is 9.28. The fraction of sp³-hybridized carbons (Fsp3) is 0.474. The molecule has 26 heavy (non-hydrogen) atoms. The summed E-state index contributed by atoms with van der Waals surface area (Å²) in [6.07, 6.45) is 6.85. The number of nitrogens with one attached hydrogen (secondary N) is 1. The molecule has 0 aliphatic heterocycles. The van der Waals surface area contributed by atoms with Gasteiger partial charge >= 0.3 is 5.97 Å². The summed E-state index contributed by atoms with van der Waals surface area (Å²) in [6.45, 7) is 2.13. The van der Waals surface area contributed by atoms with Crippen LogP contribution in [-0.2, 0) is 28.1 Å². The monoisotopic (exact) mass is 393 g/mol. The summed E-state index contributed by atoms with van der Waals surface area (Å²) in [7, 11) is 0. The maximum absolute atomic E-state index is 12.5. The minimum atomic E-state index is -0.328. The van der Waals surface area contributed by atoms with Crippen LogP contribution in [0.3, 0.4) is 0 Å². The lowest BCUT2D eigenvalue weighted by atomic mass is 10.1. The number of aryl methyl sites for hydroxylation is 1. The molecule has 7 heteroatoms. The largest absolute Gasteiger partial charge is 0.468 e. The standard InChI is InChI=1S/C19H23NO4S2/c1-2-23-19(22)17-14-8-4-3-5-9-15(14)26-18(17)20-16(21)12-25-11-13-7-6-10-24-13/h6-7,10H,2-5,8-9,11-12H2,1H3,(H,20,21). The minimum absolute atomic E-state index is 0.108. The van der Waals surface area contributed by atoms with Gasteiger partial charge in [-0.1, -0.05) is 6.42 Å². The van der Waals surface area contributed by atoms with E-state index in [1.807, 2.05) is 12.1 Å². The zero-order valence-corrected chi connectivity index (χ0v) is 16.5. The molecule has 0 atom stereocenters. The van der Waals surface area contributed by atoms with Crippen LogP contribution in [0, 0.1) is 0 Å². The Bertz CT molecular complexity index is 752. The lowest BCUT2D eigenvalue weighted by molar-refractivity contribution is -0.113. The molecule has 2 aromatic heterocycles. The number of rotatable bonds is 7. The lowest BCUT2D eigenvalue weighted by Gasteiger charge is -2.08. The quantitative estimate of drug-likeness (QED) is 0.547. The third-order valence-electron chi connectivity index (χ3n) is 4.21.